The first-order chi connectivity index (χ1) is 6.31. The molecule has 0 fully saturated rings. The third-order valence-corrected chi connectivity index (χ3v) is 2.13. The highest BCUT2D eigenvalue weighted by atomic mass is 16.3. The van der Waals surface area contributed by atoms with Crippen LogP contribution in [-0.4, -0.2) is 36.5 Å². The van der Waals surface area contributed by atoms with E-state index in [9.17, 15) is 0 Å². The fourth-order valence-corrected chi connectivity index (χ4v) is 1.21. The van der Waals surface area contributed by atoms with Gasteiger partial charge in [0.15, 0.2) is 0 Å². The molecule has 0 aliphatic heterocycles. The molecule has 0 aromatic carbocycles. The first-order valence-corrected chi connectivity index (χ1v) is 5.23. The number of hydrogen-bond acceptors (Lipinski definition) is 3. The molecule has 0 bridgehead atoms. The van der Waals surface area contributed by atoms with Gasteiger partial charge in [0.2, 0.25) is 0 Å². The van der Waals surface area contributed by atoms with Gasteiger partial charge >= 0.3 is 0 Å². The van der Waals surface area contributed by atoms with Crippen molar-refractivity contribution in [3.05, 3.63) is 0 Å². The summed E-state index contributed by atoms with van der Waals surface area (Å²) in [6, 6.07) is 0. The molecule has 0 spiro atoms. The van der Waals surface area contributed by atoms with Gasteiger partial charge in [0.05, 0.1) is 0 Å². The lowest BCUT2D eigenvalue weighted by atomic mass is 10.1. The summed E-state index contributed by atoms with van der Waals surface area (Å²) in [6.07, 6.45) is 4.02. The van der Waals surface area contributed by atoms with E-state index in [-0.39, 0.29) is 6.61 Å². The van der Waals surface area contributed by atoms with Gasteiger partial charge in [-0.2, -0.15) is 0 Å². The number of aliphatic hydroxyl groups is 2. The van der Waals surface area contributed by atoms with Gasteiger partial charge in [0.25, 0.3) is 0 Å². The minimum Gasteiger partial charge on any atom is -0.396 e. The molecule has 3 nitrogen and oxygen atoms in total. The van der Waals surface area contributed by atoms with E-state index in [1.54, 1.807) is 0 Å². The molecule has 0 aliphatic carbocycles. The van der Waals surface area contributed by atoms with E-state index in [2.05, 4.69) is 12.2 Å². The van der Waals surface area contributed by atoms with Gasteiger partial charge in [-0.1, -0.05) is 6.92 Å². The molecule has 0 amide bonds. The molecule has 3 N–H and O–H groups in total. The topological polar surface area (TPSA) is 52.5 Å². The Labute approximate surface area is 81.2 Å². The highest BCUT2D eigenvalue weighted by molar-refractivity contribution is 4.56. The van der Waals surface area contributed by atoms with Crippen LogP contribution in [0.4, 0.5) is 0 Å². The number of aliphatic hydroxyl groups excluding tert-OH is 2. The molecule has 0 aromatic rings. The zero-order valence-electron chi connectivity index (χ0n) is 8.63. The monoisotopic (exact) mass is 189 g/mol. The molecule has 1 unspecified atom stereocenters. The van der Waals surface area contributed by atoms with Crippen molar-refractivity contribution in [1.29, 1.82) is 0 Å². The number of nitrogens with one attached hydrogen (secondary N) is 1. The van der Waals surface area contributed by atoms with Crippen molar-refractivity contribution in [3.8, 4) is 0 Å². The predicted molar refractivity (Wildman–Crippen MR) is 54.7 cm³/mol. The van der Waals surface area contributed by atoms with E-state index >= 15 is 0 Å². The minimum atomic E-state index is 0.285. The Morgan fingerprint density at radius 3 is 2.46 bits per heavy atom. The van der Waals surface area contributed by atoms with Crippen molar-refractivity contribution < 1.29 is 10.2 Å². The van der Waals surface area contributed by atoms with Crippen LogP contribution >= 0.6 is 0 Å². The molecule has 0 radical (unpaired) electrons. The maximum absolute atomic E-state index is 8.65. The van der Waals surface area contributed by atoms with Crippen LogP contribution in [0.1, 0.15) is 32.6 Å². The number of unbranched alkanes of at least 4 members (excludes halogenated alkanes) is 2. The molecule has 1 atom stereocenters. The third-order valence-electron chi connectivity index (χ3n) is 2.13. The smallest absolute Gasteiger partial charge is 0.0434 e. The van der Waals surface area contributed by atoms with Crippen LogP contribution in [0, 0.1) is 5.92 Å². The Morgan fingerprint density at radius 1 is 1.08 bits per heavy atom. The summed E-state index contributed by atoms with van der Waals surface area (Å²) in [7, 11) is 0. The molecule has 0 aromatic heterocycles. The third kappa shape index (κ3) is 9.80. The Hall–Kier alpha value is -0.120. The zero-order chi connectivity index (χ0) is 9.94. The molecule has 0 saturated heterocycles. The number of hydrogen-bond donors (Lipinski definition) is 3. The normalized spacial score (nSPS) is 13.2. The Kier molecular flexibility index (Phi) is 9.87. The second-order valence-corrected chi connectivity index (χ2v) is 3.61. The molecular formula is C10H23NO2. The van der Waals surface area contributed by atoms with Crippen LogP contribution in [0.3, 0.4) is 0 Å². The summed E-state index contributed by atoms with van der Waals surface area (Å²) in [5.74, 6) is 0.558. The largest absolute Gasteiger partial charge is 0.396 e. The van der Waals surface area contributed by atoms with E-state index in [0.29, 0.717) is 12.5 Å². The van der Waals surface area contributed by atoms with Crippen LogP contribution in [0.25, 0.3) is 0 Å². The zero-order valence-corrected chi connectivity index (χ0v) is 8.63. The maximum atomic E-state index is 8.65. The molecule has 0 aliphatic rings. The first kappa shape index (κ1) is 12.9. The Bertz CT molecular complexity index is 98.9. The van der Waals surface area contributed by atoms with Crippen LogP contribution in [-0.2, 0) is 0 Å². The van der Waals surface area contributed by atoms with E-state index in [4.69, 9.17) is 10.2 Å². The maximum Gasteiger partial charge on any atom is 0.0434 e. The summed E-state index contributed by atoms with van der Waals surface area (Å²) in [5.41, 5.74) is 0. The molecule has 0 rings (SSSR count). The summed E-state index contributed by atoms with van der Waals surface area (Å²) in [4.78, 5) is 0. The van der Waals surface area contributed by atoms with Crippen LogP contribution in [0.5, 0.6) is 0 Å². The highest BCUT2D eigenvalue weighted by Gasteiger charge is 1.99. The fraction of sp³-hybridized carbons (Fsp3) is 1.00. The highest BCUT2D eigenvalue weighted by Crippen LogP contribution is 1.98. The van der Waals surface area contributed by atoms with Gasteiger partial charge in [0.1, 0.15) is 0 Å². The van der Waals surface area contributed by atoms with Crippen LogP contribution in [0.2, 0.25) is 0 Å². The van der Waals surface area contributed by atoms with Crippen molar-refractivity contribution in [2.24, 2.45) is 5.92 Å². The van der Waals surface area contributed by atoms with Gasteiger partial charge in [-0.25, -0.2) is 0 Å². The molecule has 80 valence electrons. The predicted octanol–water partition coefficient (Wildman–Crippen LogP) is 0.757. The molecule has 13 heavy (non-hydrogen) atoms. The summed E-state index contributed by atoms with van der Waals surface area (Å²) < 4.78 is 0. The van der Waals surface area contributed by atoms with Crippen molar-refractivity contribution >= 4 is 0 Å². The fourth-order valence-electron chi connectivity index (χ4n) is 1.21. The van der Waals surface area contributed by atoms with Gasteiger partial charge in [0, 0.05) is 13.2 Å². The van der Waals surface area contributed by atoms with Crippen molar-refractivity contribution in [2.75, 3.05) is 26.3 Å². The molecule has 0 saturated carbocycles. The SMILES string of the molecule is CC(CCO)CNCCCCCO. The lowest BCUT2D eigenvalue weighted by Gasteiger charge is -2.10. The Balaban J connectivity index is 2.97. The van der Waals surface area contributed by atoms with Crippen molar-refractivity contribution in [3.63, 3.8) is 0 Å². The van der Waals surface area contributed by atoms with Gasteiger partial charge in [-0.05, 0) is 44.7 Å². The summed E-state index contributed by atoms with van der Waals surface area (Å²) >= 11 is 0. The standard InChI is InChI=1S/C10H23NO2/c1-10(5-8-13)9-11-6-3-2-4-7-12/h10-13H,2-9H2,1H3. The van der Waals surface area contributed by atoms with Crippen molar-refractivity contribution in [1.82, 2.24) is 5.32 Å². The van der Waals surface area contributed by atoms with Crippen LogP contribution in [0.15, 0.2) is 0 Å². The van der Waals surface area contributed by atoms with Gasteiger partial charge in [-0.3, -0.25) is 0 Å². The first-order valence-electron chi connectivity index (χ1n) is 5.23. The number of rotatable bonds is 9. The summed E-state index contributed by atoms with van der Waals surface area (Å²) in [5, 5.41) is 20.5. The molecule has 0 heterocycles. The molecule has 3 heteroatoms. The van der Waals surface area contributed by atoms with Crippen LogP contribution < -0.4 is 5.32 Å². The average molecular weight is 189 g/mol. The van der Waals surface area contributed by atoms with E-state index in [1.807, 2.05) is 0 Å². The van der Waals surface area contributed by atoms with Gasteiger partial charge < -0.3 is 15.5 Å². The quantitative estimate of drug-likeness (QED) is 0.469. The average Bonchev–Trinajstić information content (AvgIpc) is 2.11. The summed E-state index contributed by atoms with van der Waals surface area (Å²) in [6.45, 7) is 4.74. The molecular weight excluding hydrogens is 166 g/mol. The second kappa shape index (κ2) is 9.96. The Morgan fingerprint density at radius 2 is 1.85 bits per heavy atom. The van der Waals surface area contributed by atoms with E-state index < -0.39 is 0 Å². The van der Waals surface area contributed by atoms with Gasteiger partial charge in [-0.15, -0.1) is 0 Å². The second-order valence-electron chi connectivity index (χ2n) is 3.61. The lowest BCUT2D eigenvalue weighted by Crippen LogP contribution is -2.22. The van der Waals surface area contributed by atoms with E-state index in [1.165, 1.54) is 0 Å². The van der Waals surface area contributed by atoms with Crippen molar-refractivity contribution in [2.45, 2.75) is 32.6 Å². The lowest BCUT2D eigenvalue weighted by molar-refractivity contribution is 0.259. The minimum absolute atomic E-state index is 0.285. The van der Waals surface area contributed by atoms with E-state index in [0.717, 1.165) is 38.8 Å².